The summed E-state index contributed by atoms with van der Waals surface area (Å²) < 4.78 is 0. The zero-order valence-electron chi connectivity index (χ0n) is 15.1. The highest BCUT2D eigenvalue weighted by Gasteiger charge is 2.26. The summed E-state index contributed by atoms with van der Waals surface area (Å²) >= 11 is 0. The third-order valence-corrected chi connectivity index (χ3v) is 4.78. The largest absolute Gasteiger partial charge is 0.481 e. The molecule has 0 radical (unpaired) electrons. The lowest BCUT2D eigenvalue weighted by molar-refractivity contribution is -0.137. The first kappa shape index (κ1) is 20.1. The molecule has 0 saturated heterocycles. The predicted octanol–water partition coefficient (Wildman–Crippen LogP) is 4.09. The molecule has 0 bridgehead atoms. The smallest absolute Gasteiger partial charge is 0.303 e. The van der Waals surface area contributed by atoms with Crippen LogP contribution in [-0.4, -0.2) is 28.1 Å². The van der Waals surface area contributed by atoms with Gasteiger partial charge in [-0.15, -0.1) is 0 Å². The van der Waals surface area contributed by atoms with Crippen molar-refractivity contribution in [2.24, 2.45) is 5.92 Å². The fraction of sp³-hybridized carbons (Fsp3) is 0.455. The number of unbranched alkanes of at least 4 members (excludes halogenated alkanes) is 1. The minimum atomic E-state index is -0.774. The van der Waals surface area contributed by atoms with E-state index in [0.717, 1.165) is 24.0 Å². The summed E-state index contributed by atoms with van der Waals surface area (Å²) in [6.45, 7) is 0. The maximum absolute atomic E-state index is 12.1. The summed E-state index contributed by atoms with van der Waals surface area (Å²) in [5.74, 6) is -0.606. The second kappa shape index (κ2) is 10.7. The minimum absolute atomic E-state index is 0.0744. The molecule has 140 valence electrons. The standard InChI is InChI=1S/C22H28O4/c23-19(16-17-8-4-3-5-9-17)14-12-18-13-15-21(24)20(18)10-6-1-2-7-11-22(25)26/h1,3-6,8-9,13,19-20,23H,2,7,10-12,14-16H2,(H,25,26)/b6-1-/t19?,20-/m1/s1. The van der Waals surface area contributed by atoms with Crippen LogP contribution in [0.1, 0.15) is 50.5 Å². The lowest BCUT2D eigenvalue weighted by Gasteiger charge is -2.15. The van der Waals surface area contributed by atoms with Crippen molar-refractivity contribution in [3.8, 4) is 0 Å². The van der Waals surface area contributed by atoms with Gasteiger partial charge in [0.2, 0.25) is 0 Å². The van der Waals surface area contributed by atoms with Crippen molar-refractivity contribution < 1.29 is 19.8 Å². The number of aliphatic hydroxyl groups excluding tert-OH is 1. The van der Waals surface area contributed by atoms with Crippen molar-refractivity contribution in [1.29, 1.82) is 0 Å². The second-order valence-electron chi connectivity index (χ2n) is 6.88. The van der Waals surface area contributed by atoms with Crippen molar-refractivity contribution >= 4 is 11.8 Å². The molecule has 1 aromatic rings. The highest BCUT2D eigenvalue weighted by molar-refractivity contribution is 5.88. The molecule has 26 heavy (non-hydrogen) atoms. The number of carboxylic acid groups (broad SMARTS) is 1. The summed E-state index contributed by atoms with van der Waals surface area (Å²) in [6, 6.07) is 9.93. The second-order valence-corrected chi connectivity index (χ2v) is 6.88. The Hall–Kier alpha value is -2.20. The summed E-state index contributed by atoms with van der Waals surface area (Å²) in [7, 11) is 0. The van der Waals surface area contributed by atoms with Crippen LogP contribution in [0, 0.1) is 5.92 Å². The van der Waals surface area contributed by atoms with Gasteiger partial charge in [0.05, 0.1) is 6.10 Å². The fourth-order valence-electron chi connectivity index (χ4n) is 3.32. The number of aliphatic hydroxyl groups is 1. The van der Waals surface area contributed by atoms with Crippen LogP contribution < -0.4 is 0 Å². The number of aliphatic carboxylic acids is 1. The summed E-state index contributed by atoms with van der Waals surface area (Å²) in [4.78, 5) is 22.6. The Morgan fingerprint density at radius 3 is 2.73 bits per heavy atom. The van der Waals surface area contributed by atoms with Gasteiger partial charge in [0.1, 0.15) is 5.78 Å². The van der Waals surface area contributed by atoms with Gasteiger partial charge in [-0.3, -0.25) is 9.59 Å². The molecule has 2 rings (SSSR count). The zero-order chi connectivity index (χ0) is 18.8. The number of Topliss-reactive ketones (excluding diaryl/α,β-unsaturated/α-hetero) is 1. The van der Waals surface area contributed by atoms with Crippen LogP contribution in [0.5, 0.6) is 0 Å². The molecule has 0 aliphatic heterocycles. The van der Waals surface area contributed by atoms with Crippen molar-refractivity contribution in [2.45, 2.75) is 57.5 Å². The van der Waals surface area contributed by atoms with E-state index in [1.54, 1.807) is 0 Å². The molecule has 1 unspecified atom stereocenters. The Bertz CT molecular complexity index is 645. The SMILES string of the molecule is O=C(O)CCC/C=C\C[C@H]1C(=O)CC=C1CCC(O)Cc1ccccc1. The van der Waals surface area contributed by atoms with Gasteiger partial charge in [0.15, 0.2) is 0 Å². The van der Waals surface area contributed by atoms with Crippen LogP contribution in [-0.2, 0) is 16.0 Å². The van der Waals surface area contributed by atoms with Crippen LogP contribution >= 0.6 is 0 Å². The molecule has 0 heterocycles. The molecule has 2 N–H and O–H groups in total. The van der Waals surface area contributed by atoms with Gasteiger partial charge in [-0.05, 0) is 44.1 Å². The van der Waals surface area contributed by atoms with Gasteiger partial charge in [0.25, 0.3) is 0 Å². The molecule has 1 aliphatic rings. The molecule has 4 nitrogen and oxygen atoms in total. The average molecular weight is 356 g/mol. The summed E-state index contributed by atoms with van der Waals surface area (Å²) in [5, 5.41) is 18.9. The molecular formula is C22H28O4. The average Bonchev–Trinajstić information content (AvgIpc) is 2.97. The normalized spacial score (nSPS) is 18.3. The van der Waals surface area contributed by atoms with Crippen LogP contribution in [0.2, 0.25) is 0 Å². The molecule has 0 fully saturated rings. The number of carbonyl (C=O) groups excluding carboxylic acids is 1. The molecule has 1 aromatic carbocycles. The Morgan fingerprint density at radius 2 is 2.00 bits per heavy atom. The lowest BCUT2D eigenvalue weighted by Crippen LogP contribution is -2.14. The number of hydrogen-bond donors (Lipinski definition) is 2. The monoisotopic (exact) mass is 356 g/mol. The van der Waals surface area contributed by atoms with Gasteiger partial charge in [-0.2, -0.15) is 0 Å². The van der Waals surface area contributed by atoms with Gasteiger partial charge in [0, 0.05) is 18.8 Å². The Kier molecular flexibility index (Phi) is 8.29. The topological polar surface area (TPSA) is 74.6 Å². The first-order chi connectivity index (χ1) is 12.6. The third kappa shape index (κ3) is 6.96. The lowest BCUT2D eigenvalue weighted by atomic mass is 9.91. The molecule has 0 saturated carbocycles. The number of rotatable bonds is 11. The molecule has 2 atom stereocenters. The molecule has 0 spiro atoms. The van der Waals surface area contributed by atoms with E-state index in [-0.39, 0.29) is 18.1 Å². The molecule has 4 heteroatoms. The van der Waals surface area contributed by atoms with Crippen molar-refractivity contribution in [1.82, 2.24) is 0 Å². The van der Waals surface area contributed by atoms with Crippen molar-refractivity contribution in [3.05, 3.63) is 59.7 Å². The van der Waals surface area contributed by atoms with E-state index in [1.165, 1.54) is 0 Å². The molecule has 0 aromatic heterocycles. The molecule has 0 amide bonds. The fourth-order valence-corrected chi connectivity index (χ4v) is 3.32. The highest BCUT2D eigenvalue weighted by atomic mass is 16.4. The number of carbonyl (C=O) groups is 2. The predicted molar refractivity (Wildman–Crippen MR) is 102 cm³/mol. The number of carboxylic acids is 1. The van der Waals surface area contributed by atoms with E-state index in [4.69, 9.17) is 5.11 Å². The van der Waals surface area contributed by atoms with Gasteiger partial charge < -0.3 is 10.2 Å². The Labute approximate surface area is 155 Å². The van der Waals surface area contributed by atoms with E-state index in [1.807, 2.05) is 48.6 Å². The first-order valence-corrected chi connectivity index (χ1v) is 9.36. The van der Waals surface area contributed by atoms with Crippen LogP contribution in [0.25, 0.3) is 0 Å². The van der Waals surface area contributed by atoms with Gasteiger partial charge in [-0.25, -0.2) is 0 Å². The van der Waals surface area contributed by atoms with E-state index < -0.39 is 12.1 Å². The molecular weight excluding hydrogens is 328 g/mol. The Balaban J connectivity index is 1.74. The Morgan fingerprint density at radius 1 is 1.23 bits per heavy atom. The summed E-state index contributed by atoms with van der Waals surface area (Å²) in [6.07, 6.45) is 10.3. The maximum atomic E-state index is 12.1. The van der Waals surface area contributed by atoms with Crippen LogP contribution in [0.15, 0.2) is 54.1 Å². The quantitative estimate of drug-likeness (QED) is 0.463. The van der Waals surface area contributed by atoms with Crippen LogP contribution in [0.4, 0.5) is 0 Å². The zero-order valence-corrected chi connectivity index (χ0v) is 15.1. The number of hydrogen-bond acceptors (Lipinski definition) is 3. The number of ketones is 1. The van der Waals surface area contributed by atoms with E-state index in [0.29, 0.717) is 32.1 Å². The van der Waals surface area contributed by atoms with E-state index in [2.05, 4.69) is 0 Å². The first-order valence-electron chi connectivity index (χ1n) is 9.36. The number of benzene rings is 1. The van der Waals surface area contributed by atoms with E-state index in [9.17, 15) is 14.7 Å². The third-order valence-electron chi connectivity index (χ3n) is 4.78. The van der Waals surface area contributed by atoms with Crippen molar-refractivity contribution in [2.75, 3.05) is 0 Å². The van der Waals surface area contributed by atoms with Crippen molar-refractivity contribution in [3.63, 3.8) is 0 Å². The highest BCUT2D eigenvalue weighted by Crippen LogP contribution is 2.30. The van der Waals surface area contributed by atoms with Gasteiger partial charge in [-0.1, -0.05) is 54.1 Å². The number of allylic oxidation sites excluding steroid dienone is 4. The van der Waals surface area contributed by atoms with Gasteiger partial charge >= 0.3 is 5.97 Å². The minimum Gasteiger partial charge on any atom is -0.481 e. The summed E-state index contributed by atoms with van der Waals surface area (Å²) in [5.41, 5.74) is 2.26. The molecule has 1 aliphatic carbocycles. The van der Waals surface area contributed by atoms with Crippen LogP contribution in [0.3, 0.4) is 0 Å². The van der Waals surface area contributed by atoms with E-state index >= 15 is 0 Å². The maximum Gasteiger partial charge on any atom is 0.303 e.